The maximum Gasteiger partial charge on any atom is 0.410 e. The van der Waals surface area contributed by atoms with Crippen molar-refractivity contribution in [1.82, 2.24) is 24.5 Å². The Hall–Kier alpha value is -4.73. The number of carbonyl (C=O) groups excluding carboxylic acids is 2. The minimum absolute atomic E-state index is 0.146. The van der Waals surface area contributed by atoms with Crippen molar-refractivity contribution in [1.29, 1.82) is 0 Å². The van der Waals surface area contributed by atoms with Gasteiger partial charge in [-0.3, -0.25) is 9.69 Å². The highest BCUT2D eigenvalue weighted by atomic mass is 16.6. The van der Waals surface area contributed by atoms with Crippen LogP contribution in [0.1, 0.15) is 34.8 Å². The molecule has 194 valence electrons. The van der Waals surface area contributed by atoms with E-state index >= 15 is 0 Å². The number of rotatable bonds is 6. The summed E-state index contributed by atoms with van der Waals surface area (Å²) in [6.07, 6.45) is 5.99. The summed E-state index contributed by atoms with van der Waals surface area (Å²) >= 11 is 0. The number of aryl methyl sites for hydroxylation is 1. The van der Waals surface area contributed by atoms with E-state index in [9.17, 15) is 9.59 Å². The van der Waals surface area contributed by atoms with Crippen LogP contribution in [-0.4, -0.2) is 63.2 Å². The van der Waals surface area contributed by atoms with E-state index in [2.05, 4.69) is 15.4 Å². The lowest BCUT2D eigenvalue weighted by molar-refractivity contribution is 0.0992. The van der Waals surface area contributed by atoms with E-state index in [1.807, 2.05) is 55.6 Å². The molecule has 0 unspecified atom stereocenters. The first kappa shape index (κ1) is 24.9. The Balaban J connectivity index is 1.30. The van der Waals surface area contributed by atoms with E-state index in [0.717, 1.165) is 28.0 Å². The van der Waals surface area contributed by atoms with Gasteiger partial charge in [-0.2, -0.15) is 4.98 Å². The number of benzene rings is 1. The first-order valence-electron chi connectivity index (χ1n) is 12.5. The Morgan fingerprint density at radius 3 is 2.68 bits per heavy atom. The number of carbonyl (C=O) groups is 2. The summed E-state index contributed by atoms with van der Waals surface area (Å²) in [7, 11) is 1.71. The fourth-order valence-electron chi connectivity index (χ4n) is 4.33. The summed E-state index contributed by atoms with van der Waals surface area (Å²) in [5, 5.41) is 7.79. The average Bonchev–Trinajstić information content (AvgIpc) is 3.35. The molecule has 0 saturated heterocycles. The molecule has 0 bridgehead atoms. The summed E-state index contributed by atoms with van der Waals surface area (Å²) in [6, 6.07) is 14.9. The van der Waals surface area contributed by atoms with Crippen LogP contribution in [-0.2, 0) is 4.74 Å². The molecule has 0 aliphatic carbocycles. The minimum Gasteiger partial charge on any atom is -0.450 e. The first-order valence-corrected chi connectivity index (χ1v) is 12.5. The van der Waals surface area contributed by atoms with Crippen LogP contribution >= 0.6 is 0 Å². The number of nitrogens with one attached hydrogen (secondary N) is 1. The number of hydrogen-bond donors (Lipinski definition) is 1. The highest BCUT2D eigenvalue weighted by molar-refractivity contribution is 6.05. The van der Waals surface area contributed by atoms with Crippen molar-refractivity contribution in [2.45, 2.75) is 20.3 Å². The lowest BCUT2D eigenvalue weighted by atomic mass is 10.0. The van der Waals surface area contributed by atoms with E-state index in [4.69, 9.17) is 9.72 Å². The molecule has 4 aromatic rings. The van der Waals surface area contributed by atoms with Crippen LogP contribution in [0.25, 0.3) is 11.2 Å². The number of aromatic nitrogens is 4. The van der Waals surface area contributed by atoms with Crippen LogP contribution < -0.4 is 10.2 Å². The van der Waals surface area contributed by atoms with Gasteiger partial charge in [0.05, 0.1) is 6.61 Å². The predicted molar refractivity (Wildman–Crippen MR) is 146 cm³/mol. The third-order valence-electron chi connectivity index (χ3n) is 6.38. The second-order valence-electron chi connectivity index (χ2n) is 9.01. The van der Waals surface area contributed by atoms with E-state index < -0.39 is 0 Å². The van der Waals surface area contributed by atoms with E-state index in [1.54, 1.807) is 41.7 Å². The van der Waals surface area contributed by atoms with Gasteiger partial charge in [0.2, 0.25) is 5.95 Å². The van der Waals surface area contributed by atoms with Crippen LogP contribution in [0, 0.1) is 6.92 Å². The van der Waals surface area contributed by atoms with Crippen LogP contribution in [0.5, 0.6) is 0 Å². The van der Waals surface area contributed by atoms with Crippen molar-refractivity contribution in [3.63, 3.8) is 0 Å². The van der Waals surface area contributed by atoms with E-state index in [0.29, 0.717) is 43.4 Å². The minimum atomic E-state index is -0.291. The Morgan fingerprint density at radius 1 is 1.16 bits per heavy atom. The maximum absolute atomic E-state index is 12.9. The Bertz CT molecular complexity index is 1510. The molecular weight excluding hydrogens is 482 g/mol. The molecule has 10 heteroatoms. The highest BCUT2D eigenvalue weighted by Crippen LogP contribution is 2.27. The summed E-state index contributed by atoms with van der Waals surface area (Å²) in [5.41, 5.74) is 5.17. The SMILES string of the molecule is CCOC(=O)N1CC=C(c2cccn3nc(Nc4ccc(C(=O)N(C)c5cc(C)ccn5)cc4)nc23)CC1. The smallest absolute Gasteiger partial charge is 0.410 e. The van der Waals surface area contributed by atoms with Gasteiger partial charge in [-0.1, -0.05) is 6.08 Å². The van der Waals surface area contributed by atoms with Gasteiger partial charge in [-0.25, -0.2) is 14.3 Å². The Morgan fingerprint density at radius 2 is 1.97 bits per heavy atom. The largest absolute Gasteiger partial charge is 0.450 e. The standard InChI is InChI=1S/C28H29N7O3/c1-4-38-28(37)34-16-12-20(13-17-34)23-6-5-15-35-25(23)31-27(32-35)30-22-9-7-21(8-10-22)26(36)33(3)24-18-19(2)11-14-29-24/h5-12,14-15,18H,4,13,16-17H2,1-3H3,(H,30,32). The Kier molecular flexibility index (Phi) is 7.03. The first-order chi connectivity index (χ1) is 18.4. The van der Waals surface area contributed by atoms with Gasteiger partial charge in [-0.05, 0) is 79.9 Å². The third kappa shape index (κ3) is 5.19. The summed E-state index contributed by atoms with van der Waals surface area (Å²) in [4.78, 5) is 37.2. The van der Waals surface area contributed by atoms with Crippen molar-refractivity contribution in [3.8, 4) is 0 Å². The van der Waals surface area contributed by atoms with Crippen LogP contribution in [0.15, 0.2) is 67.0 Å². The van der Waals surface area contributed by atoms with Crippen molar-refractivity contribution >= 4 is 40.7 Å². The molecule has 1 aromatic carbocycles. The predicted octanol–water partition coefficient (Wildman–Crippen LogP) is 4.70. The van der Waals surface area contributed by atoms with E-state index in [-0.39, 0.29) is 12.0 Å². The molecular formula is C28H29N7O3. The van der Waals surface area contributed by atoms with Crippen LogP contribution in [0.2, 0.25) is 0 Å². The third-order valence-corrected chi connectivity index (χ3v) is 6.38. The Labute approximate surface area is 220 Å². The second-order valence-corrected chi connectivity index (χ2v) is 9.01. The van der Waals surface area contributed by atoms with Crippen molar-refractivity contribution in [2.24, 2.45) is 0 Å². The zero-order valence-corrected chi connectivity index (χ0v) is 21.6. The van der Waals surface area contributed by atoms with Crippen LogP contribution in [0.4, 0.5) is 22.2 Å². The number of amides is 2. The maximum atomic E-state index is 12.9. The van der Waals surface area contributed by atoms with Crippen molar-refractivity contribution in [2.75, 3.05) is 37.0 Å². The molecule has 1 aliphatic rings. The monoisotopic (exact) mass is 511 g/mol. The second kappa shape index (κ2) is 10.7. The molecule has 0 radical (unpaired) electrons. The van der Waals surface area contributed by atoms with Gasteiger partial charge in [0, 0.05) is 49.3 Å². The molecule has 5 rings (SSSR count). The topological polar surface area (TPSA) is 105 Å². The summed E-state index contributed by atoms with van der Waals surface area (Å²) in [6.45, 7) is 5.21. The lowest BCUT2D eigenvalue weighted by Gasteiger charge is -2.25. The van der Waals surface area contributed by atoms with Crippen LogP contribution in [0.3, 0.4) is 0 Å². The van der Waals surface area contributed by atoms with Gasteiger partial charge in [0.1, 0.15) is 5.82 Å². The van der Waals surface area contributed by atoms with Gasteiger partial charge in [0.25, 0.3) is 5.91 Å². The molecule has 0 fully saturated rings. The van der Waals surface area contributed by atoms with Gasteiger partial charge >= 0.3 is 6.09 Å². The number of ether oxygens (including phenoxy) is 1. The fraction of sp³-hybridized carbons (Fsp3) is 0.250. The molecule has 0 atom stereocenters. The quantitative estimate of drug-likeness (QED) is 0.400. The molecule has 4 heterocycles. The van der Waals surface area contributed by atoms with Gasteiger partial charge in [0.15, 0.2) is 5.65 Å². The molecule has 1 N–H and O–H groups in total. The number of anilines is 3. The summed E-state index contributed by atoms with van der Waals surface area (Å²) < 4.78 is 6.84. The molecule has 0 saturated carbocycles. The molecule has 38 heavy (non-hydrogen) atoms. The van der Waals surface area contributed by atoms with E-state index in [1.165, 1.54) is 4.90 Å². The zero-order valence-electron chi connectivity index (χ0n) is 21.6. The number of fused-ring (bicyclic) bond motifs is 1. The molecule has 10 nitrogen and oxygen atoms in total. The molecule has 0 spiro atoms. The highest BCUT2D eigenvalue weighted by Gasteiger charge is 2.21. The van der Waals surface area contributed by atoms with Crippen molar-refractivity contribution in [3.05, 3.63) is 83.7 Å². The number of nitrogens with zero attached hydrogens (tertiary/aromatic N) is 6. The molecule has 3 aromatic heterocycles. The molecule has 2 amide bonds. The zero-order chi connectivity index (χ0) is 26.6. The number of hydrogen-bond acceptors (Lipinski definition) is 7. The fourth-order valence-corrected chi connectivity index (χ4v) is 4.33. The average molecular weight is 512 g/mol. The van der Waals surface area contributed by atoms with Crippen molar-refractivity contribution < 1.29 is 14.3 Å². The normalized spacial score (nSPS) is 13.2. The number of pyridine rings is 2. The van der Waals surface area contributed by atoms with Gasteiger partial charge < -0.3 is 15.0 Å². The lowest BCUT2D eigenvalue weighted by Crippen LogP contribution is -2.35. The summed E-state index contributed by atoms with van der Waals surface area (Å²) in [5.74, 6) is 0.901. The van der Waals surface area contributed by atoms with Gasteiger partial charge in [-0.15, -0.1) is 5.10 Å². The molecule has 1 aliphatic heterocycles.